The van der Waals surface area contributed by atoms with E-state index in [0.29, 0.717) is 16.8 Å². The van der Waals surface area contributed by atoms with Crippen LogP contribution in [-0.4, -0.2) is 16.9 Å². The van der Waals surface area contributed by atoms with Gasteiger partial charge in [-0.15, -0.1) is 0 Å². The highest BCUT2D eigenvalue weighted by Gasteiger charge is 2.24. The van der Waals surface area contributed by atoms with Crippen molar-refractivity contribution in [2.75, 3.05) is 0 Å². The molecule has 1 aromatic heterocycles. The molecule has 0 aromatic carbocycles. The first-order chi connectivity index (χ1) is 6.27. The fourth-order valence-electron chi connectivity index (χ4n) is 1.03. The van der Waals surface area contributed by atoms with Crippen LogP contribution >= 0.6 is 11.6 Å². The Morgan fingerprint density at radius 1 is 1.62 bits per heavy atom. The Bertz CT molecular complexity index is 336. The summed E-state index contributed by atoms with van der Waals surface area (Å²) in [4.78, 5) is 15.4. The summed E-state index contributed by atoms with van der Waals surface area (Å²) in [6.45, 7) is 0. The van der Waals surface area contributed by atoms with E-state index in [1.807, 2.05) is 0 Å². The number of aromatic nitrogens is 1. The van der Waals surface area contributed by atoms with Crippen LogP contribution in [0.2, 0.25) is 5.02 Å². The Balaban J connectivity index is 2.13. The van der Waals surface area contributed by atoms with E-state index < -0.39 is 0 Å². The van der Waals surface area contributed by atoms with Crippen molar-refractivity contribution in [2.45, 2.75) is 18.9 Å². The molecule has 1 saturated carbocycles. The lowest BCUT2D eigenvalue weighted by atomic mass is 10.3. The molecule has 1 amide bonds. The van der Waals surface area contributed by atoms with Gasteiger partial charge >= 0.3 is 0 Å². The number of nitrogens with zero attached hydrogens (tertiary/aromatic N) is 1. The van der Waals surface area contributed by atoms with Crippen molar-refractivity contribution >= 4 is 17.5 Å². The summed E-state index contributed by atoms with van der Waals surface area (Å²) in [5.41, 5.74) is 0.316. The van der Waals surface area contributed by atoms with E-state index in [4.69, 9.17) is 11.6 Å². The number of carbonyl (C=O) groups is 1. The average molecular weight is 197 g/mol. The van der Waals surface area contributed by atoms with Gasteiger partial charge in [0.2, 0.25) is 0 Å². The van der Waals surface area contributed by atoms with Gasteiger partial charge in [-0.25, -0.2) is 4.98 Å². The van der Waals surface area contributed by atoms with Gasteiger partial charge in [-0.05, 0) is 25.0 Å². The molecule has 3 nitrogen and oxygen atoms in total. The fourth-order valence-corrected chi connectivity index (χ4v) is 1.24. The Kier molecular flexibility index (Phi) is 2.19. The van der Waals surface area contributed by atoms with Crippen molar-refractivity contribution in [3.05, 3.63) is 29.0 Å². The van der Waals surface area contributed by atoms with Crippen molar-refractivity contribution in [3.63, 3.8) is 0 Å². The highest BCUT2D eigenvalue weighted by molar-refractivity contribution is 6.33. The molecule has 13 heavy (non-hydrogen) atoms. The van der Waals surface area contributed by atoms with Gasteiger partial charge in [-0.2, -0.15) is 0 Å². The highest BCUT2D eigenvalue weighted by atomic mass is 35.5. The number of amides is 1. The summed E-state index contributed by atoms with van der Waals surface area (Å²) in [6, 6.07) is 3.71. The van der Waals surface area contributed by atoms with Crippen LogP contribution in [0, 0.1) is 0 Å². The van der Waals surface area contributed by atoms with Crippen molar-refractivity contribution < 1.29 is 4.79 Å². The van der Waals surface area contributed by atoms with Crippen LogP contribution in [0.15, 0.2) is 18.3 Å². The number of pyridine rings is 1. The van der Waals surface area contributed by atoms with Gasteiger partial charge in [0.15, 0.2) is 0 Å². The molecule has 1 N–H and O–H groups in total. The number of nitrogens with one attached hydrogen (secondary N) is 1. The third-order valence-corrected chi connectivity index (χ3v) is 2.19. The summed E-state index contributed by atoms with van der Waals surface area (Å²) in [7, 11) is 0. The number of carbonyl (C=O) groups excluding carboxylic acids is 1. The van der Waals surface area contributed by atoms with E-state index in [1.165, 1.54) is 0 Å². The lowest BCUT2D eigenvalue weighted by Crippen LogP contribution is -2.26. The summed E-state index contributed by atoms with van der Waals surface area (Å²) in [5.74, 6) is -0.173. The van der Waals surface area contributed by atoms with Crippen LogP contribution in [0.3, 0.4) is 0 Å². The maximum absolute atomic E-state index is 11.5. The molecule has 0 aliphatic heterocycles. The van der Waals surface area contributed by atoms with E-state index in [2.05, 4.69) is 10.3 Å². The lowest BCUT2D eigenvalue weighted by molar-refractivity contribution is 0.0946. The van der Waals surface area contributed by atoms with Gasteiger partial charge in [0.05, 0.1) is 5.02 Å². The second-order valence-electron chi connectivity index (χ2n) is 3.08. The van der Waals surface area contributed by atoms with Crippen LogP contribution in [-0.2, 0) is 0 Å². The Morgan fingerprint density at radius 3 is 3.00 bits per heavy atom. The van der Waals surface area contributed by atoms with Gasteiger partial charge in [0.1, 0.15) is 5.69 Å². The van der Waals surface area contributed by atoms with Crippen molar-refractivity contribution in [2.24, 2.45) is 0 Å². The van der Waals surface area contributed by atoms with Crippen LogP contribution in [0.1, 0.15) is 23.3 Å². The molecule has 68 valence electrons. The molecule has 1 heterocycles. The van der Waals surface area contributed by atoms with Crippen LogP contribution in [0.4, 0.5) is 0 Å². The average Bonchev–Trinajstić information content (AvgIpc) is 2.89. The second-order valence-corrected chi connectivity index (χ2v) is 3.49. The normalized spacial score (nSPS) is 15.5. The molecule has 1 aromatic rings. The minimum atomic E-state index is -0.173. The molecule has 1 aliphatic rings. The lowest BCUT2D eigenvalue weighted by Gasteiger charge is -2.02. The molecule has 0 spiro atoms. The standard InChI is InChI=1S/C9H9ClN2O/c10-7-2-1-5-11-8(7)9(13)12-6-3-4-6/h1-2,5-6H,3-4H2,(H,12,13). The summed E-state index contributed by atoms with van der Waals surface area (Å²) < 4.78 is 0. The predicted octanol–water partition coefficient (Wildman–Crippen LogP) is 1.63. The van der Waals surface area contributed by atoms with E-state index in [9.17, 15) is 4.79 Å². The van der Waals surface area contributed by atoms with E-state index in [1.54, 1.807) is 18.3 Å². The Hall–Kier alpha value is -1.09. The number of hydrogen-bond acceptors (Lipinski definition) is 2. The molecule has 1 aliphatic carbocycles. The van der Waals surface area contributed by atoms with Gasteiger partial charge < -0.3 is 5.32 Å². The maximum atomic E-state index is 11.5. The molecule has 0 radical (unpaired) electrons. The summed E-state index contributed by atoms with van der Waals surface area (Å²) >= 11 is 5.80. The first-order valence-electron chi connectivity index (χ1n) is 4.19. The Morgan fingerprint density at radius 2 is 2.38 bits per heavy atom. The van der Waals surface area contributed by atoms with Crippen molar-refractivity contribution in [1.29, 1.82) is 0 Å². The van der Waals surface area contributed by atoms with Gasteiger partial charge in [-0.1, -0.05) is 11.6 Å². The number of rotatable bonds is 2. The second kappa shape index (κ2) is 3.34. The predicted molar refractivity (Wildman–Crippen MR) is 49.7 cm³/mol. The first-order valence-corrected chi connectivity index (χ1v) is 4.56. The van der Waals surface area contributed by atoms with Crippen molar-refractivity contribution in [1.82, 2.24) is 10.3 Å². The molecule has 0 saturated heterocycles. The Labute approximate surface area is 81.1 Å². The van der Waals surface area contributed by atoms with Crippen LogP contribution in [0.25, 0.3) is 0 Å². The van der Waals surface area contributed by atoms with E-state index in [-0.39, 0.29) is 5.91 Å². The monoisotopic (exact) mass is 196 g/mol. The van der Waals surface area contributed by atoms with E-state index in [0.717, 1.165) is 12.8 Å². The highest BCUT2D eigenvalue weighted by Crippen LogP contribution is 2.20. The number of halogens is 1. The number of hydrogen-bond donors (Lipinski definition) is 1. The third kappa shape index (κ3) is 1.98. The fraction of sp³-hybridized carbons (Fsp3) is 0.333. The van der Waals surface area contributed by atoms with Crippen LogP contribution < -0.4 is 5.32 Å². The van der Waals surface area contributed by atoms with Crippen LogP contribution in [0.5, 0.6) is 0 Å². The van der Waals surface area contributed by atoms with E-state index >= 15 is 0 Å². The van der Waals surface area contributed by atoms with Gasteiger partial charge in [0.25, 0.3) is 5.91 Å². The maximum Gasteiger partial charge on any atom is 0.271 e. The molecule has 4 heteroatoms. The quantitative estimate of drug-likeness (QED) is 0.781. The molecule has 0 unspecified atom stereocenters. The molecule has 1 fully saturated rings. The zero-order valence-electron chi connectivity index (χ0n) is 6.96. The third-order valence-electron chi connectivity index (χ3n) is 1.89. The topological polar surface area (TPSA) is 42.0 Å². The summed E-state index contributed by atoms with van der Waals surface area (Å²) in [5, 5.41) is 3.23. The zero-order chi connectivity index (χ0) is 9.26. The smallest absolute Gasteiger partial charge is 0.271 e. The molecule has 0 bridgehead atoms. The zero-order valence-corrected chi connectivity index (χ0v) is 7.71. The molecule has 0 atom stereocenters. The molecular formula is C9H9ClN2O. The van der Waals surface area contributed by atoms with Gasteiger partial charge in [0, 0.05) is 12.2 Å². The first kappa shape index (κ1) is 8.51. The molecule has 2 rings (SSSR count). The van der Waals surface area contributed by atoms with Gasteiger partial charge in [-0.3, -0.25) is 4.79 Å². The SMILES string of the molecule is O=C(NC1CC1)c1ncccc1Cl. The summed E-state index contributed by atoms with van der Waals surface area (Å²) in [6.07, 6.45) is 3.69. The largest absolute Gasteiger partial charge is 0.348 e. The minimum Gasteiger partial charge on any atom is -0.348 e. The van der Waals surface area contributed by atoms with Crippen molar-refractivity contribution in [3.8, 4) is 0 Å². The minimum absolute atomic E-state index is 0.173. The molecular weight excluding hydrogens is 188 g/mol.